The number of carbonyl (C=O) groups excluding carboxylic acids is 2. The molecular weight excluding hydrogens is 416 g/mol. The van der Waals surface area contributed by atoms with Crippen molar-refractivity contribution in [1.82, 2.24) is 9.88 Å². The number of aliphatic hydroxyl groups excluding tert-OH is 1. The molecule has 1 aliphatic rings. The van der Waals surface area contributed by atoms with E-state index in [1.54, 1.807) is 12.1 Å². The first-order chi connectivity index (χ1) is 15.9. The standard InChI is InChI=1S/C27H24N2O4/c1-15-10-11-16(2)20(13-15)25(30)23-24(22-17(3)28-21-9-5-4-8-19(21)22)29(27(32)26(23)31)14-18-7-6-12-33-18/h4-13,24,28,30H,14H2,1-3H3/b25-23+. The number of rotatable bonds is 4. The maximum Gasteiger partial charge on any atom is 0.296 e. The summed E-state index contributed by atoms with van der Waals surface area (Å²) < 4.78 is 5.49. The van der Waals surface area contributed by atoms with Crippen LogP contribution in [0.4, 0.5) is 0 Å². The molecule has 0 aliphatic carbocycles. The molecule has 2 N–H and O–H groups in total. The third-order valence-electron chi connectivity index (χ3n) is 6.31. The number of aromatic amines is 1. The number of nitrogens with one attached hydrogen (secondary N) is 1. The first-order valence-corrected chi connectivity index (χ1v) is 10.8. The van der Waals surface area contributed by atoms with E-state index in [0.717, 1.165) is 33.3 Å². The molecule has 166 valence electrons. The molecule has 33 heavy (non-hydrogen) atoms. The Morgan fingerprint density at radius 1 is 1.06 bits per heavy atom. The highest BCUT2D eigenvalue weighted by Gasteiger charge is 2.47. The highest BCUT2D eigenvalue weighted by atomic mass is 16.3. The summed E-state index contributed by atoms with van der Waals surface area (Å²) in [4.78, 5) is 31.5. The van der Waals surface area contributed by atoms with E-state index in [-0.39, 0.29) is 17.9 Å². The molecule has 3 heterocycles. The highest BCUT2D eigenvalue weighted by molar-refractivity contribution is 6.46. The number of carbonyl (C=O) groups is 2. The second-order valence-electron chi connectivity index (χ2n) is 8.53. The summed E-state index contributed by atoms with van der Waals surface area (Å²) in [6, 6.07) is 16.2. The zero-order valence-corrected chi connectivity index (χ0v) is 18.7. The summed E-state index contributed by atoms with van der Waals surface area (Å²) >= 11 is 0. The molecule has 1 amide bonds. The number of amides is 1. The predicted molar refractivity (Wildman–Crippen MR) is 126 cm³/mol. The fourth-order valence-electron chi connectivity index (χ4n) is 4.70. The van der Waals surface area contributed by atoms with Gasteiger partial charge in [0, 0.05) is 27.7 Å². The minimum Gasteiger partial charge on any atom is -0.507 e. The van der Waals surface area contributed by atoms with Crippen LogP contribution < -0.4 is 0 Å². The maximum atomic E-state index is 13.4. The Morgan fingerprint density at radius 3 is 2.61 bits per heavy atom. The van der Waals surface area contributed by atoms with E-state index in [1.807, 2.05) is 63.2 Å². The van der Waals surface area contributed by atoms with Crippen molar-refractivity contribution in [3.63, 3.8) is 0 Å². The molecule has 0 saturated carbocycles. The van der Waals surface area contributed by atoms with Gasteiger partial charge in [0.1, 0.15) is 11.5 Å². The fraction of sp³-hybridized carbons (Fsp3) is 0.185. The first kappa shape index (κ1) is 20.8. The average Bonchev–Trinajstić information content (AvgIpc) is 3.48. The number of H-pyrrole nitrogens is 1. The van der Waals surface area contributed by atoms with E-state index in [4.69, 9.17) is 4.42 Å². The van der Waals surface area contributed by atoms with Gasteiger partial charge in [-0.25, -0.2) is 0 Å². The molecular formula is C27H24N2O4. The van der Waals surface area contributed by atoms with Crippen LogP contribution in [0.2, 0.25) is 0 Å². The van der Waals surface area contributed by atoms with Crippen LogP contribution in [0.15, 0.2) is 70.9 Å². The van der Waals surface area contributed by atoms with Gasteiger partial charge in [0.25, 0.3) is 11.7 Å². The van der Waals surface area contributed by atoms with Crippen molar-refractivity contribution in [3.05, 3.63) is 100 Å². The van der Waals surface area contributed by atoms with Crippen LogP contribution in [-0.4, -0.2) is 26.7 Å². The summed E-state index contributed by atoms with van der Waals surface area (Å²) in [6.07, 6.45) is 1.54. The topological polar surface area (TPSA) is 86.5 Å². The number of likely N-dealkylation sites (tertiary alicyclic amines) is 1. The van der Waals surface area contributed by atoms with Crippen molar-refractivity contribution in [2.45, 2.75) is 33.4 Å². The average molecular weight is 440 g/mol. The molecule has 6 nitrogen and oxygen atoms in total. The monoisotopic (exact) mass is 440 g/mol. The van der Waals surface area contributed by atoms with Gasteiger partial charge >= 0.3 is 0 Å². The number of Topliss-reactive ketones (excluding diaryl/α,β-unsaturated/α-hetero) is 1. The summed E-state index contributed by atoms with van der Waals surface area (Å²) in [5.74, 6) is -0.958. The zero-order chi connectivity index (χ0) is 23.3. The Labute approximate surface area is 191 Å². The molecule has 2 aromatic carbocycles. The minimum atomic E-state index is -0.758. The molecule has 0 spiro atoms. The van der Waals surface area contributed by atoms with Crippen molar-refractivity contribution in [1.29, 1.82) is 0 Å². The van der Waals surface area contributed by atoms with Gasteiger partial charge in [-0.2, -0.15) is 0 Å². The van der Waals surface area contributed by atoms with E-state index in [2.05, 4.69) is 4.98 Å². The second-order valence-corrected chi connectivity index (χ2v) is 8.53. The Morgan fingerprint density at radius 2 is 1.85 bits per heavy atom. The lowest BCUT2D eigenvalue weighted by Crippen LogP contribution is -2.29. The summed E-state index contributed by atoms with van der Waals surface area (Å²) in [5, 5.41) is 12.3. The van der Waals surface area contributed by atoms with Crippen LogP contribution in [-0.2, 0) is 16.1 Å². The van der Waals surface area contributed by atoms with Crippen LogP contribution in [0.25, 0.3) is 16.7 Å². The molecule has 0 bridgehead atoms. The van der Waals surface area contributed by atoms with Crippen LogP contribution >= 0.6 is 0 Å². The van der Waals surface area contributed by atoms with Crippen molar-refractivity contribution in [2.24, 2.45) is 0 Å². The predicted octanol–water partition coefficient (Wildman–Crippen LogP) is 5.31. The number of aliphatic hydroxyl groups is 1. The molecule has 1 unspecified atom stereocenters. The number of para-hydroxylation sites is 1. The highest BCUT2D eigenvalue weighted by Crippen LogP contribution is 2.44. The number of hydrogen-bond donors (Lipinski definition) is 2. The number of ketones is 1. The number of benzene rings is 2. The van der Waals surface area contributed by atoms with Gasteiger partial charge in [-0.05, 0) is 50.6 Å². The lowest BCUT2D eigenvalue weighted by atomic mass is 9.92. The zero-order valence-electron chi connectivity index (χ0n) is 18.7. The summed E-state index contributed by atoms with van der Waals surface area (Å²) in [5.41, 5.74) is 4.95. The number of hydrogen-bond acceptors (Lipinski definition) is 4. The van der Waals surface area contributed by atoms with Crippen LogP contribution in [0.3, 0.4) is 0 Å². The van der Waals surface area contributed by atoms with Gasteiger partial charge < -0.3 is 19.4 Å². The van der Waals surface area contributed by atoms with Gasteiger partial charge in [-0.15, -0.1) is 0 Å². The maximum absolute atomic E-state index is 13.4. The number of furan rings is 1. The lowest BCUT2D eigenvalue weighted by molar-refractivity contribution is -0.140. The molecule has 0 radical (unpaired) electrons. The largest absolute Gasteiger partial charge is 0.507 e. The Bertz CT molecular complexity index is 1430. The molecule has 1 fully saturated rings. The Kier molecular flexibility index (Phi) is 4.93. The molecule has 5 rings (SSSR count). The fourth-order valence-corrected chi connectivity index (χ4v) is 4.70. The summed E-state index contributed by atoms with van der Waals surface area (Å²) in [6.45, 7) is 5.83. The van der Waals surface area contributed by atoms with Crippen LogP contribution in [0, 0.1) is 20.8 Å². The van der Waals surface area contributed by atoms with E-state index >= 15 is 0 Å². The number of aromatic nitrogens is 1. The number of fused-ring (bicyclic) bond motifs is 1. The third kappa shape index (κ3) is 3.35. The lowest BCUT2D eigenvalue weighted by Gasteiger charge is -2.25. The smallest absolute Gasteiger partial charge is 0.296 e. The Balaban J connectivity index is 1.78. The molecule has 2 aromatic heterocycles. The van der Waals surface area contributed by atoms with Gasteiger partial charge in [-0.3, -0.25) is 9.59 Å². The Hall–Kier alpha value is -4.06. The number of aryl methyl sites for hydroxylation is 3. The van der Waals surface area contributed by atoms with Gasteiger partial charge in [0.15, 0.2) is 0 Å². The number of nitrogens with zero attached hydrogens (tertiary/aromatic N) is 1. The van der Waals surface area contributed by atoms with Gasteiger partial charge in [0.2, 0.25) is 0 Å². The quantitative estimate of drug-likeness (QED) is 0.256. The molecule has 6 heteroatoms. The van der Waals surface area contributed by atoms with E-state index in [9.17, 15) is 14.7 Å². The second kappa shape index (κ2) is 7.81. The minimum absolute atomic E-state index is 0.0908. The van der Waals surface area contributed by atoms with Crippen molar-refractivity contribution >= 4 is 28.4 Å². The van der Waals surface area contributed by atoms with Gasteiger partial charge in [-0.1, -0.05) is 35.9 Å². The molecule has 1 aliphatic heterocycles. The van der Waals surface area contributed by atoms with Crippen LogP contribution in [0.1, 0.15) is 39.7 Å². The SMILES string of the molecule is Cc1ccc(C)c(/C(O)=C2\C(=O)C(=O)N(Cc3ccco3)C2c2c(C)[nH]c3ccccc23)c1. The molecule has 4 aromatic rings. The summed E-state index contributed by atoms with van der Waals surface area (Å²) in [7, 11) is 0. The molecule has 1 atom stereocenters. The normalized spacial score (nSPS) is 17.9. The van der Waals surface area contributed by atoms with Crippen LogP contribution in [0.5, 0.6) is 0 Å². The van der Waals surface area contributed by atoms with Crippen molar-refractivity contribution < 1.29 is 19.1 Å². The van der Waals surface area contributed by atoms with Crippen molar-refractivity contribution in [2.75, 3.05) is 0 Å². The van der Waals surface area contributed by atoms with E-state index in [0.29, 0.717) is 11.3 Å². The van der Waals surface area contributed by atoms with Crippen molar-refractivity contribution in [3.8, 4) is 0 Å². The third-order valence-corrected chi connectivity index (χ3v) is 6.31. The van der Waals surface area contributed by atoms with Gasteiger partial charge in [0.05, 0.1) is 24.4 Å². The van der Waals surface area contributed by atoms with E-state index in [1.165, 1.54) is 11.2 Å². The van der Waals surface area contributed by atoms with E-state index < -0.39 is 17.7 Å². The molecule has 1 saturated heterocycles. The first-order valence-electron chi connectivity index (χ1n) is 10.8.